The van der Waals surface area contributed by atoms with E-state index in [1.807, 2.05) is 73.1 Å². The van der Waals surface area contributed by atoms with Gasteiger partial charge in [0.2, 0.25) is 0 Å². The molecule has 0 saturated carbocycles. The van der Waals surface area contributed by atoms with Crippen LogP contribution in [0.2, 0.25) is 0 Å². The van der Waals surface area contributed by atoms with Crippen molar-refractivity contribution in [2.75, 3.05) is 33.2 Å². The van der Waals surface area contributed by atoms with Crippen molar-refractivity contribution in [1.29, 1.82) is 0 Å². The summed E-state index contributed by atoms with van der Waals surface area (Å²) < 4.78 is 45.9. The number of alkyl halides is 3. The van der Waals surface area contributed by atoms with E-state index in [0.29, 0.717) is 18.7 Å². The molecule has 6 rings (SSSR count). The summed E-state index contributed by atoms with van der Waals surface area (Å²) in [6, 6.07) is 15.3. The predicted octanol–water partition coefficient (Wildman–Crippen LogP) is 5.66. The minimum atomic E-state index is -4.55. The van der Waals surface area contributed by atoms with Crippen molar-refractivity contribution in [3.8, 4) is 17.5 Å². The number of nitrogens with zero attached hydrogens (tertiary/aromatic N) is 6. The zero-order valence-electron chi connectivity index (χ0n) is 25.4. The van der Waals surface area contributed by atoms with Crippen molar-refractivity contribution < 1.29 is 18.0 Å². The molecule has 2 aromatic heterocycles. The maximum Gasteiger partial charge on any atom is 0.416 e. The maximum absolute atomic E-state index is 14.1. The van der Waals surface area contributed by atoms with E-state index >= 15 is 0 Å². The first kappa shape index (κ1) is 30.3. The van der Waals surface area contributed by atoms with Crippen molar-refractivity contribution in [2.24, 2.45) is 7.05 Å². The van der Waals surface area contributed by atoms with Crippen molar-refractivity contribution in [3.05, 3.63) is 112 Å². The topological polar surface area (TPSA) is 59.2 Å². The molecule has 0 spiro atoms. The molecule has 3 heterocycles. The standard InChI is InChI=1S/C35H33F3N6O/c1-24-4-5-26(16-27(24)8-6-25-7-11-33-32(17-25)39-23-44(33)30-20-40-42(3)22-30)18-34(45)28-9-10-29(31(19-28)35(36,37)38)21-43-14-12-41(2)13-15-43/h4-5,7,9-11,16-17,19-20,22-23H,12-15,18,21H2,1-3H3. The number of likely N-dealkylation sites (N-methyl/N-ethyl adjacent to an activating group) is 1. The number of carbonyl (C=O) groups is 1. The van der Waals surface area contributed by atoms with Crippen LogP contribution in [0.3, 0.4) is 0 Å². The molecule has 1 saturated heterocycles. The predicted molar refractivity (Wildman–Crippen MR) is 167 cm³/mol. The zero-order chi connectivity index (χ0) is 31.7. The summed E-state index contributed by atoms with van der Waals surface area (Å²) in [4.78, 5) is 21.9. The fourth-order valence-electron chi connectivity index (χ4n) is 5.57. The van der Waals surface area contributed by atoms with Gasteiger partial charge in [0.15, 0.2) is 5.78 Å². The highest BCUT2D eigenvalue weighted by atomic mass is 19.4. The number of aromatic nitrogens is 4. The van der Waals surface area contributed by atoms with Gasteiger partial charge in [-0.2, -0.15) is 18.3 Å². The van der Waals surface area contributed by atoms with E-state index in [2.05, 4.69) is 26.8 Å². The number of Topliss-reactive ketones (excluding diaryl/α,β-unsaturated/α-hetero) is 1. The number of aryl methyl sites for hydroxylation is 2. The second kappa shape index (κ2) is 12.3. The number of piperazine rings is 1. The molecule has 0 radical (unpaired) electrons. The maximum atomic E-state index is 14.1. The minimum Gasteiger partial charge on any atom is -0.304 e. The normalized spacial score (nSPS) is 14.4. The fraction of sp³-hybridized carbons (Fsp3) is 0.286. The Balaban J connectivity index is 1.19. The molecule has 10 heteroatoms. The van der Waals surface area contributed by atoms with Crippen LogP contribution in [0.5, 0.6) is 0 Å². The smallest absolute Gasteiger partial charge is 0.304 e. The van der Waals surface area contributed by atoms with Gasteiger partial charge >= 0.3 is 6.18 Å². The lowest BCUT2D eigenvalue weighted by atomic mass is 9.96. The van der Waals surface area contributed by atoms with Crippen LogP contribution in [0, 0.1) is 18.8 Å². The Morgan fingerprint density at radius 3 is 2.49 bits per heavy atom. The molecule has 1 aliphatic rings. The zero-order valence-corrected chi connectivity index (χ0v) is 25.4. The average Bonchev–Trinajstić information content (AvgIpc) is 3.63. The van der Waals surface area contributed by atoms with Crippen LogP contribution in [-0.2, 0) is 26.2 Å². The summed E-state index contributed by atoms with van der Waals surface area (Å²) in [7, 11) is 3.87. The molecule has 0 bridgehead atoms. The lowest BCUT2D eigenvalue weighted by molar-refractivity contribution is -0.138. The number of imidazole rings is 1. The SMILES string of the molecule is Cc1ccc(CC(=O)c2ccc(CN3CCN(C)CC3)c(C(F)(F)F)c2)cc1C#Cc1ccc2c(c1)ncn2-c1cnn(C)c1. The molecule has 1 fully saturated rings. The van der Waals surface area contributed by atoms with Gasteiger partial charge in [-0.25, -0.2) is 4.98 Å². The van der Waals surface area contributed by atoms with Gasteiger partial charge in [-0.05, 0) is 61.0 Å². The molecule has 0 atom stereocenters. The second-order valence-electron chi connectivity index (χ2n) is 11.6. The molecule has 45 heavy (non-hydrogen) atoms. The second-order valence-corrected chi connectivity index (χ2v) is 11.6. The Bertz CT molecular complexity index is 1940. The lowest BCUT2D eigenvalue weighted by Gasteiger charge is -2.33. The molecule has 3 aromatic carbocycles. The first-order valence-corrected chi connectivity index (χ1v) is 14.8. The largest absolute Gasteiger partial charge is 0.416 e. The molecule has 7 nitrogen and oxygen atoms in total. The average molecular weight is 611 g/mol. The summed E-state index contributed by atoms with van der Waals surface area (Å²) in [6.45, 7) is 5.18. The molecular formula is C35H33F3N6O. The summed E-state index contributed by atoms with van der Waals surface area (Å²) in [5, 5.41) is 4.23. The summed E-state index contributed by atoms with van der Waals surface area (Å²) >= 11 is 0. The third kappa shape index (κ3) is 6.85. The van der Waals surface area contributed by atoms with Gasteiger partial charge in [-0.15, -0.1) is 0 Å². The van der Waals surface area contributed by atoms with Crippen LogP contribution in [-0.4, -0.2) is 68.1 Å². The summed E-state index contributed by atoms with van der Waals surface area (Å²) in [5.41, 5.74) is 5.32. The summed E-state index contributed by atoms with van der Waals surface area (Å²) in [6.07, 6.45) is 0.860. The van der Waals surface area contributed by atoms with Crippen molar-refractivity contribution >= 4 is 16.8 Å². The lowest BCUT2D eigenvalue weighted by Crippen LogP contribution is -2.44. The number of halogens is 3. The first-order chi connectivity index (χ1) is 21.5. The number of rotatable bonds is 6. The van der Waals surface area contributed by atoms with E-state index in [9.17, 15) is 18.0 Å². The quantitative estimate of drug-likeness (QED) is 0.184. The molecule has 0 unspecified atom stereocenters. The van der Waals surface area contributed by atoms with Crippen molar-refractivity contribution in [2.45, 2.75) is 26.1 Å². The Kier molecular flexibility index (Phi) is 8.32. The Labute approximate surface area is 259 Å². The third-order valence-electron chi connectivity index (χ3n) is 8.25. The first-order valence-electron chi connectivity index (χ1n) is 14.8. The monoisotopic (exact) mass is 610 g/mol. The van der Waals surface area contributed by atoms with E-state index in [4.69, 9.17) is 0 Å². The van der Waals surface area contributed by atoms with Gasteiger partial charge in [0.05, 0.1) is 28.5 Å². The van der Waals surface area contributed by atoms with E-state index in [-0.39, 0.29) is 29.9 Å². The van der Waals surface area contributed by atoms with Crippen LogP contribution in [0.15, 0.2) is 73.3 Å². The van der Waals surface area contributed by atoms with E-state index in [1.54, 1.807) is 17.2 Å². The fourth-order valence-corrected chi connectivity index (χ4v) is 5.57. The molecule has 5 aromatic rings. The van der Waals surface area contributed by atoms with Gasteiger partial charge in [0.1, 0.15) is 6.33 Å². The van der Waals surface area contributed by atoms with E-state index < -0.39 is 11.7 Å². The van der Waals surface area contributed by atoms with Gasteiger partial charge in [-0.3, -0.25) is 18.9 Å². The van der Waals surface area contributed by atoms with Crippen molar-refractivity contribution in [3.63, 3.8) is 0 Å². The Morgan fingerprint density at radius 1 is 0.956 bits per heavy atom. The molecule has 230 valence electrons. The van der Waals surface area contributed by atoms with Crippen LogP contribution in [0.1, 0.15) is 43.7 Å². The van der Waals surface area contributed by atoms with E-state index in [1.165, 1.54) is 12.1 Å². The molecular weight excluding hydrogens is 577 g/mol. The number of ketones is 1. The van der Waals surface area contributed by atoms with Crippen molar-refractivity contribution in [1.82, 2.24) is 29.1 Å². The number of carbonyl (C=O) groups excluding carboxylic acids is 1. The highest BCUT2D eigenvalue weighted by Crippen LogP contribution is 2.34. The van der Waals surface area contributed by atoms with Crippen LogP contribution in [0.4, 0.5) is 13.2 Å². The molecule has 0 N–H and O–H groups in total. The number of benzene rings is 3. The third-order valence-corrected chi connectivity index (χ3v) is 8.25. The highest BCUT2D eigenvalue weighted by molar-refractivity contribution is 5.97. The van der Waals surface area contributed by atoms with Gasteiger partial charge < -0.3 is 4.90 Å². The minimum absolute atomic E-state index is 0.0260. The number of hydrogen-bond donors (Lipinski definition) is 0. The molecule has 0 aliphatic carbocycles. The van der Waals surface area contributed by atoms with E-state index in [0.717, 1.165) is 52.6 Å². The van der Waals surface area contributed by atoms with Gasteiger partial charge in [-0.1, -0.05) is 36.1 Å². The van der Waals surface area contributed by atoms with Gasteiger partial charge in [0, 0.05) is 69.1 Å². The number of fused-ring (bicyclic) bond motifs is 1. The van der Waals surface area contributed by atoms with Gasteiger partial charge in [0.25, 0.3) is 0 Å². The Hall–Kier alpha value is -4.72. The number of hydrogen-bond acceptors (Lipinski definition) is 5. The molecule has 0 amide bonds. The Morgan fingerprint density at radius 2 is 1.76 bits per heavy atom. The highest BCUT2D eigenvalue weighted by Gasteiger charge is 2.34. The summed E-state index contributed by atoms with van der Waals surface area (Å²) in [5.74, 6) is 6.02. The molecule has 1 aliphatic heterocycles. The van der Waals surface area contributed by atoms with Crippen LogP contribution in [0.25, 0.3) is 16.7 Å². The van der Waals surface area contributed by atoms with Crippen LogP contribution < -0.4 is 0 Å². The van der Waals surface area contributed by atoms with Crippen LogP contribution >= 0.6 is 0 Å².